The summed E-state index contributed by atoms with van der Waals surface area (Å²) in [5.74, 6) is 0.349. The van der Waals surface area contributed by atoms with E-state index in [0.717, 1.165) is 12.2 Å². The summed E-state index contributed by atoms with van der Waals surface area (Å²) in [6.07, 6.45) is 0.819. The van der Waals surface area contributed by atoms with Gasteiger partial charge in [-0.25, -0.2) is 0 Å². The van der Waals surface area contributed by atoms with Gasteiger partial charge in [-0.1, -0.05) is 48.3 Å². The molecule has 0 saturated carbocycles. The van der Waals surface area contributed by atoms with Gasteiger partial charge in [0.1, 0.15) is 12.4 Å². The lowest BCUT2D eigenvalue weighted by atomic mass is 10.3. The van der Waals surface area contributed by atoms with Gasteiger partial charge in [0.15, 0.2) is 0 Å². The molecule has 2 amide bonds. The fourth-order valence-corrected chi connectivity index (χ4v) is 3.10. The van der Waals surface area contributed by atoms with Crippen molar-refractivity contribution in [2.45, 2.75) is 13.3 Å². The van der Waals surface area contributed by atoms with Gasteiger partial charge in [0.25, 0.3) is 0 Å². The van der Waals surface area contributed by atoms with Crippen LogP contribution >= 0.6 is 23.2 Å². The Morgan fingerprint density at radius 1 is 1.03 bits per heavy atom. The highest BCUT2D eigenvalue weighted by atomic mass is 35.5. The van der Waals surface area contributed by atoms with Crippen LogP contribution in [-0.4, -0.2) is 49.5 Å². The average molecular weight is 438 g/mol. The van der Waals surface area contributed by atoms with Gasteiger partial charge in [0.05, 0.1) is 30.3 Å². The third-order valence-electron chi connectivity index (χ3n) is 3.92. The van der Waals surface area contributed by atoms with E-state index < -0.39 is 0 Å². The van der Waals surface area contributed by atoms with Crippen molar-refractivity contribution >= 4 is 40.7 Å². The number of anilines is 1. The molecule has 8 heteroatoms. The fourth-order valence-electron chi connectivity index (χ4n) is 2.65. The summed E-state index contributed by atoms with van der Waals surface area (Å²) in [7, 11) is 0. The predicted molar refractivity (Wildman–Crippen MR) is 117 cm³/mol. The zero-order valence-electron chi connectivity index (χ0n) is 16.3. The van der Waals surface area contributed by atoms with E-state index in [1.165, 1.54) is 0 Å². The summed E-state index contributed by atoms with van der Waals surface area (Å²) in [4.78, 5) is 26.3. The van der Waals surface area contributed by atoms with Crippen molar-refractivity contribution < 1.29 is 14.3 Å². The van der Waals surface area contributed by atoms with Crippen LogP contribution in [0.4, 0.5) is 5.69 Å². The largest absolute Gasteiger partial charge is 0.492 e. The van der Waals surface area contributed by atoms with Crippen LogP contribution in [0.3, 0.4) is 0 Å². The van der Waals surface area contributed by atoms with Crippen molar-refractivity contribution in [3.63, 3.8) is 0 Å². The fraction of sp³-hybridized carbons (Fsp3) is 0.333. The zero-order valence-corrected chi connectivity index (χ0v) is 17.8. The second kappa shape index (κ2) is 12.3. The summed E-state index contributed by atoms with van der Waals surface area (Å²) < 4.78 is 5.55. The first-order chi connectivity index (χ1) is 14.0. The molecule has 0 fully saturated rings. The molecule has 6 nitrogen and oxygen atoms in total. The molecule has 0 unspecified atom stereocenters. The quantitative estimate of drug-likeness (QED) is 0.523. The van der Waals surface area contributed by atoms with Gasteiger partial charge in [-0.3, -0.25) is 14.5 Å². The monoisotopic (exact) mass is 437 g/mol. The Labute approximate surface area is 181 Å². The Bertz CT molecular complexity index is 803. The number of rotatable bonds is 11. The van der Waals surface area contributed by atoms with Crippen molar-refractivity contribution in [3.05, 3.63) is 58.6 Å². The van der Waals surface area contributed by atoms with E-state index >= 15 is 0 Å². The van der Waals surface area contributed by atoms with Crippen molar-refractivity contribution in [1.29, 1.82) is 0 Å². The first-order valence-corrected chi connectivity index (χ1v) is 10.2. The number of carbonyl (C=O) groups is 2. The molecule has 0 bridgehead atoms. The number of nitrogens with zero attached hydrogens (tertiary/aromatic N) is 1. The Morgan fingerprint density at radius 3 is 2.45 bits per heavy atom. The molecule has 2 N–H and O–H groups in total. The highest BCUT2D eigenvalue weighted by Crippen LogP contribution is 2.25. The van der Waals surface area contributed by atoms with E-state index in [2.05, 4.69) is 10.6 Å². The van der Waals surface area contributed by atoms with Crippen molar-refractivity contribution in [2.75, 3.05) is 38.1 Å². The SMILES string of the molecule is CCCN(CC(=O)NCCOc1ccccc1)CC(=O)Nc1ccc(Cl)cc1Cl. The molecule has 2 aromatic rings. The highest BCUT2D eigenvalue weighted by Gasteiger charge is 2.15. The summed E-state index contributed by atoms with van der Waals surface area (Å²) >= 11 is 11.9. The Balaban J connectivity index is 1.75. The Morgan fingerprint density at radius 2 is 1.76 bits per heavy atom. The maximum absolute atomic E-state index is 12.3. The van der Waals surface area contributed by atoms with E-state index in [1.54, 1.807) is 23.1 Å². The highest BCUT2D eigenvalue weighted by molar-refractivity contribution is 6.36. The lowest BCUT2D eigenvalue weighted by molar-refractivity contribution is -0.123. The van der Waals surface area contributed by atoms with E-state index in [1.807, 2.05) is 37.3 Å². The smallest absolute Gasteiger partial charge is 0.238 e. The minimum atomic E-state index is -0.247. The molecule has 156 valence electrons. The topological polar surface area (TPSA) is 70.7 Å². The van der Waals surface area contributed by atoms with Gasteiger partial charge in [0.2, 0.25) is 11.8 Å². The molecule has 0 aliphatic rings. The molecule has 0 saturated heterocycles. The van der Waals surface area contributed by atoms with Gasteiger partial charge in [-0.2, -0.15) is 0 Å². The minimum Gasteiger partial charge on any atom is -0.492 e. The van der Waals surface area contributed by atoms with Crippen LogP contribution in [0.1, 0.15) is 13.3 Å². The molecule has 0 aliphatic heterocycles. The second-order valence-corrected chi connectivity index (χ2v) is 7.24. The first-order valence-electron chi connectivity index (χ1n) is 9.39. The second-order valence-electron chi connectivity index (χ2n) is 6.39. The molecule has 0 spiro atoms. The van der Waals surface area contributed by atoms with Gasteiger partial charge in [-0.15, -0.1) is 0 Å². The Hall–Kier alpha value is -2.28. The van der Waals surface area contributed by atoms with Crippen LogP contribution in [0.5, 0.6) is 5.75 Å². The molecule has 0 radical (unpaired) electrons. The molecule has 2 aromatic carbocycles. The normalized spacial score (nSPS) is 10.6. The van der Waals surface area contributed by atoms with E-state index in [9.17, 15) is 9.59 Å². The predicted octanol–water partition coefficient (Wildman–Crippen LogP) is 3.84. The molecule has 0 aromatic heterocycles. The molecule has 2 rings (SSSR count). The summed E-state index contributed by atoms with van der Waals surface area (Å²) in [6, 6.07) is 14.3. The Kier molecular flexibility index (Phi) is 9.77. The van der Waals surface area contributed by atoms with E-state index in [0.29, 0.717) is 35.4 Å². The summed E-state index contributed by atoms with van der Waals surface area (Å²) in [5, 5.41) is 6.41. The number of hydrogen-bond donors (Lipinski definition) is 2. The zero-order chi connectivity index (χ0) is 21.1. The van der Waals surface area contributed by atoms with Crippen LogP contribution in [0.2, 0.25) is 10.0 Å². The van der Waals surface area contributed by atoms with Crippen molar-refractivity contribution in [2.24, 2.45) is 0 Å². The number of halogens is 2. The minimum absolute atomic E-state index is 0.0841. The van der Waals surface area contributed by atoms with Gasteiger partial charge in [0, 0.05) is 5.02 Å². The lowest BCUT2D eigenvalue weighted by Crippen LogP contribution is -2.42. The number of ether oxygens (including phenoxy) is 1. The van der Waals surface area contributed by atoms with Gasteiger partial charge < -0.3 is 15.4 Å². The number of hydrogen-bond acceptors (Lipinski definition) is 4. The van der Waals surface area contributed by atoms with E-state index in [-0.39, 0.29) is 24.9 Å². The van der Waals surface area contributed by atoms with Crippen LogP contribution in [-0.2, 0) is 9.59 Å². The maximum atomic E-state index is 12.3. The maximum Gasteiger partial charge on any atom is 0.238 e. The van der Waals surface area contributed by atoms with Crippen LogP contribution < -0.4 is 15.4 Å². The molecule has 0 heterocycles. The molecule has 0 aliphatic carbocycles. The number of nitrogens with one attached hydrogen (secondary N) is 2. The molecule has 29 heavy (non-hydrogen) atoms. The van der Waals surface area contributed by atoms with Gasteiger partial charge >= 0.3 is 0 Å². The van der Waals surface area contributed by atoms with E-state index in [4.69, 9.17) is 27.9 Å². The first kappa shape index (κ1) is 23.0. The standard InChI is InChI=1S/C21H25Cl2N3O3/c1-2-11-26(15-21(28)25-19-9-8-16(22)13-18(19)23)14-20(27)24-10-12-29-17-6-4-3-5-7-17/h3-9,13H,2,10-12,14-15H2,1H3,(H,24,27)(H,25,28). The third-order valence-corrected chi connectivity index (χ3v) is 4.46. The third kappa shape index (κ3) is 8.73. The number of benzene rings is 2. The number of carbonyl (C=O) groups excluding carboxylic acids is 2. The summed E-state index contributed by atoms with van der Waals surface area (Å²) in [5.41, 5.74) is 0.486. The number of para-hydroxylation sites is 1. The lowest BCUT2D eigenvalue weighted by Gasteiger charge is -2.21. The number of amides is 2. The molecule has 0 atom stereocenters. The van der Waals surface area contributed by atoms with Crippen molar-refractivity contribution in [1.82, 2.24) is 10.2 Å². The molecular formula is C21H25Cl2N3O3. The van der Waals surface area contributed by atoms with Crippen LogP contribution in [0, 0.1) is 0 Å². The van der Waals surface area contributed by atoms with Gasteiger partial charge in [-0.05, 0) is 43.3 Å². The van der Waals surface area contributed by atoms with Crippen LogP contribution in [0.15, 0.2) is 48.5 Å². The van der Waals surface area contributed by atoms with Crippen molar-refractivity contribution in [3.8, 4) is 5.75 Å². The van der Waals surface area contributed by atoms with Crippen LogP contribution in [0.25, 0.3) is 0 Å². The molecular weight excluding hydrogens is 413 g/mol. The summed E-state index contributed by atoms with van der Waals surface area (Å²) in [6.45, 7) is 3.59. The average Bonchev–Trinajstić information content (AvgIpc) is 2.68.